The van der Waals surface area contributed by atoms with Crippen molar-refractivity contribution in [3.63, 3.8) is 0 Å². The van der Waals surface area contributed by atoms with Crippen LogP contribution in [0.1, 0.15) is 34.1 Å². The lowest BCUT2D eigenvalue weighted by molar-refractivity contribution is -0.113. The van der Waals surface area contributed by atoms with E-state index >= 15 is 0 Å². The molecule has 1 aliphatic carbocycles. The summed E-state index contributed by atoms with van der Waals surface area (Å²) in [5.74, 6) is -0.462. The Balaban J connectivity index is 1.46. The Morgan fingerprint density at radius 1 is 1.37 bits per heavy atom. The van der Waals surface area contributed by atoms with Crippen LogP contribution in [0.2, 0.25) is 5.02 Å². The predicted octanol–water partition coefficient (Wildman–Crippen LogP) is 4.38. The molecule has 0 spiro atoms. The Morgan fingerprint density at radius 2 is 2.23 bits per heavy atom. The number of thioether (sulfide) groups is 1. The van der Waals surface area contributed by atoms with Gasteiger partial charge >= 0.3 is 5.97 Å². The quantitative estimate of drug-likeness (QED) is 0.414. The van der Waals surface area contributed by atoms with Crippen molar-refractivity contribution in [2.24, 2.45) is 0 Å². The van der Waals surface area contributed by atoms with Crippen LogP contribution in [-0.2, 0) is 22.4 Å². The van der Waals surface area contributed by atoms with E-state index in [0.29, 0.717) is 27.4 Å². The second kappa shape index (κ2) is 9.20. The predicted molar refractivity (Wildman–Crippen MR) is 118 cm³/mol. The Kier molecular flexibility index (Phi) is 6.40. The number of anilines is 1. The zero-order valence-electron chi connectivity index (χ0n) is 16.2. The van der Waals surface area contributed by atoms with E-state index in [1.165, 1.54) is 23.1 Å². The third kappa shape index (κ3) is 4.38. The van der Waals surface area contributed by atoms with Gasteiger partial charge in [0.25, 0.3) is 0 Å². The molecule has 0 atom stereocenters. The molecule has 1 N–H and O–H groups in total. The number of aryl methyl sites for hydroxylation is 1. The highest BCUT2D eigenvalue weighted by Gasteiger charge is 2.28. The number of nitrogens with zero attached hydrogens (tertiary/aromatic N) is 3. The minimum absolute atomic E-state index is 0.129. The standard InChI is InChI=1S/C20H19ClN4O3S2/c1-2-28-19(27)17-14-7-4-8-15(14)30-18(17)23-16(26)10-29-20-24-22-11-25(20)13-6-3-5-12(21)9-13/h3,5-6,9,11H,2,4,7-8,10H2,1H3,(H,23,26). The number of thiophene rings is 1. The summed E-state index contributed by atoms with van der Waals surface area (Å²) in [7, 11) is 0. The van der Waals surface area contributed by atoms with Gasteiger partial charge in [0.15, 0.2) is 5.16 Å². The number of amides is 1. The molecule has 7 nitrogen and oxygen atoms in total. The number of benzene rings is 1. The molecule has 0 bridgehead atoms. The fraction of sp³-hybridized carbons (Fsp3) is 0.300. The maximum absolute atomic E-state index is 12.6. The first-order valence-electron chi connectivity index (χ1n) is 9.47. The van der Waals surface area contributed by atoms with Crippen molar-refractivity contribution in [1.82, 2.24) is 14.8 Å². The summed E-state index contributed by atoms with van der Waals surface area (Å²) in [6.07, 6.45) is 4.37. The molecule has 1 aromatic carbocycles. The average Bonchev–Trinajstić information content (AvgIpc) is 3.42. The average molecular weight is 463 g/mol. The molecule has 0 saturated carbocycles. The second-order valence-corrected chi connectivity index (χ2v) is 9.07. The van der Waals surface area contributed by atoms with E-state index < -0.39 is 0 Å². The molecule has 1 aliphatic rings. The highest BCUT2D eigenvalue weighted by Crippen LogP contribution is 2.39. The van der Waals surface area contributed by atoms with Crippen molar-refractivity contribution in [2.45, 2.75) is 31.3 Å². The number of hydrogen-bond acceptors (Lipinski definition) is 7. The molecule has 3 aromatic rings. The van der Waals surface area contributed by atoms with Gasteiger partial charge in [0, 0.05) is 9.90 Å². The van der Waals surface area contributed by atoms with Gasteiger partial charge in [-0.2, -0.15) is 0 Å². The summed E-state index contributed by atoms with van der Waals surface area (Å²) in [6, 6.07) is 7.31. The summed E-state index contributed by atoms with van der Waals surface area (Å²) < 4.78 is 6.98. The van der Waals surface area contributed by atoms with Crippen LogP contribution >= 0.6 is 34.7 Å². The maximum Gasteiger partial charge on any atom is 0.341 e. The summed E-state index contributed by atoms with van der Waals surface area (Å²) in [5, 5.41) is 12.7. The van der Waals surface area contributed by atoms with Gasteiger partial charge in [0.05, 0.1) is 23.6 Å². The third-order valence-electron chi connectivity index (χ3n) is 4.59. The Morgan fingerprint density at radius 3 is 3.03 bits per heavy atom. The summed E-state index contributed by atoms with van der Waals surface area (Å²) in [5.41, 5.74) is 2.34. The minimum Gasteiger partial charge on any atom is -0.462 e. The van der Waals surface area contributed by atoms with Crippen molar-refractivity contribution in [1.29, 1.82) is 0 Å². The molecular formula is C20H19ClN4O3S2. The SMILES string of the molecule is CCOC(=O)c1c(NC(=O)CSc2nncn2-c2cccc(Cl)c2)sc2c1CCC2. The van der Waals surface area contributed by atoms with Crippen LogP contribution in [0.4, 0.5) is 5.00 Å². The molecule has 0 unspecified atom stereocenters. The van der Waals surface area contributed by atoms with Crippen molar-refractivity contribution in [2.75, 3.05) is 17.7 Å². The first kappa shape index (κ1) is 20.9. The number of carbonyl (C=O) groups is 2. The lowest BCUT2D eigenvalue weighted by Gasteiger charge is -2.09. The van der Waals surface area contributed by atoms with Gasteiger partial charge in [0.2, 0.25) is 5.91 Å². The molecule has 0 fully saturated rings. The molecule has 4 rings (SSSR count). The number of hydrogen-bond donors (Lipinski definition) is 1. The van der Waals surface area contributed by atoms with E-state index in [1.54, 1.807) is 30.0 Å². The molecule has 30 heavy (non-hydrogen) atoms. The molecular weight excluding hydrogens is 444 g/mol. The van der Waals surface area contributed by atoms with E-state index in [9.17, 15) is 9.59 Å². The van der Waals surface area contributed by atoms with E-state index in [2.05, 4.69) is 15.5 Å². The van der Waals surface area contributed by atoms with Gasteiger partial charge in [-0.15, -0.1) is 21.5 Å². The Labute approximate surface area is 186 Å². The fourth-order valence-corrected chi connectivity index (χ4v) is 5.54. The van der Waals surface area contributed by atoms with Gasteiger partial charge in [-0.1, -0.05) is 29.4 Å². The van der Waals surface area contributed by atoms with Crippen LogP contribution in [0.5, 0.6) is 0 Å². The number of halogens is 1. The molecule has 1 amide bonds. The molecule has 0 saturated heterocycles. The number of fused-ring (bicyclic) bond motifs is 1. The van der Waals surface area contributed by atoms with Crippen LogP contribution < -0.4 is 5.32 Å². The summed E-state index contributed by atoms with van der Waals surface area (Å²) in [4.78, 5) is 26.2. The number of aromatic nitrogens is 3. The molecule has 10 heteroatoms. The summed E-state index contributed by atoms with van der Waals surface area (Å²) in [6.45, 7) is 2.07. The van der Waals surface area contributed by atoms with Gasteiger partial charge in [0.1, 0.15) is 11.3 Å². The van der Waals surface area contributed by atoms with Crippen LogP contribution in [-0.4, -0.2) is 39.0 Å². The number of rotatable bonds is 7. The van der Waals surface area contributed by atoms with Crippen LogP contribution in [0.3, 0.4) is 0 Å². The largest absolute Gasteiger partial charge is 0.462 e. The summed E-state index contributed by atoms with van der Waals surface area (Å²) >= 11 is 8.79. The van der Waals surface area contributed by atoms with E-state index in [0.717, 1.165) is 35.4 Å². The van der Waals surface area contributed by atoms with Crippen molar-refractivity contribution in [3.8, 4) is 5.69 Å². The molecule has 0 radical (unpaired) electrons. The molecule has 0 aliphatic heterocycles. The van der Waals surface area contributed by atoms with Gasteiger partial charge < -0.3 is 10.1 Å². The first-order chi connectivity index (χ1) is 14.6. The highest BCUT2D eigenvalue weighted by molar-refractivity contribution is 7.99. The van der Waals surface area contributed by atoms with Gasteiger partial charge in [-0.05, 0) is 49.9 Å². The third-order valence-corrected chi connectivity index (χ3v) is 6.97. The number of nitrogens with one attached hydrogen (secondary N) is 1. The monoisotopic (exact) mass is 462 g/mol. The molecule has 2 heterocycles. The van der Waals surface area contributed by atoms with Crippen molar-refractivity contribution >= 4 is 51.6 Å². The van der Waals surface area contributed by atoms with Gasteiger partial charge in [-0.25, -0.2) is 4.79 Å². The van der Waals surface area contributed by atoms with Crippen LogP contribution in [0, 0.1) is 0 Å². The normalized spacial score (nSPS) is 12.6. The second-order valence-electron chi connectivity index (χ2n) is 6.58. The lowest BCUT2D eigenvalue weighted by Crippen LogP contribution is -2.17. The maximum atomic E-state index is 12.6. The molecule has 156 valence electrons. The Bertz CT molecular complexity index is 1100. The zero-order valence-corrected chi connectivity index (χ0v) is 18.6. The highest BCUT2D eigenvalue weighted by atomic mass is 35.5. The van der Waals surface area contributed by atoms with E-state index in [4.69, 9.17) is 16.3 Å². The Hall–Kier alpha value is -2.36. The van der Waals surface area contributed by atoms with Crippen molar-refractivity contribution < 1.29 is 14.3 Å². The van der Waals surface area contributed by atoms with Crippen LogP contribution in [0.25, 0.3) is 5.69 Å². The molecule has 2 aromatic heterocycles. The number of ether oxygens (including phenoxy) is 1. The minimum atomic E-state index is -0.374. The number of carbonyl (C=O) groups excluding carboxylic acids is 2. The van der Waals surface area contributed by atoms with E-state index in [-0.39, 0.29) is 17.6 Å². The number of esters is 1. The fourth-order valence-electron chi connectivity index (χ4n) is 3.33. The smallest absolute Gasteiger partial charge is 0.341 e. The first-order valence-corrected chi connectivity index (χ1v) is 11.6. The van der Waals surface area contributed by atoms with Crippen molar-refractivity contribution in [3.05, 3.63) is 51.6 Å². The zero-order chi connectivity index (χ0) is 21.1. The topological polar surface area (TPSA) is 86.1 Å². The van der Waals surface area contributed by atoms with Crippen LogP contribution in [0.15, 0.2) is 35.7 Å². The lowest BCUT2D eigenvalue weighted by atomic mass is 10.1. The van der Waals surface area contributed by atoms with Gasteiger partial charge in [-0.3, -0.25) is 9.36 Å². The van der Waals surface area contributed by atoms with E-state index in [1.807, 2.05) is 12.1 Å².